The highest BCUT2D eigenvalue weighted by atomic mass is 16.6. The second-order valence-electron chi connectivity index (χ2n) is 5.15. The first kappa shape index (κ1) is 20.9. The topological polar surface area (TPSA) is 61.0 Å². The summed E-state index contributed by atoms with van der Waals surface area (Å²) in [6.07, 6.45) is 4.09. The minimum atomic E-state index is -0.437. The first-order valence-corrected chi connectivity index (χ1v) is 7.42. The van der Waals surface area contributed by atoms with Crippen molar-refractivity contribution in [2.45, 2.75) is 74.3 Å². The van der Waals surface area contributed by atoms with E-state index in [9.17, 15) is 10.1 Å². The number of hydrogen-bond donors (Lipinski definition) is 0. The highest BCUT2D eigenvalue weighted by Crippen LogP contribution is 2.41. The van der Waals surface area contributed by atoms with E-state index in [-0.39, 0.29) is 16.9 Å². The van der Waals surface area contributed by atoms with Crippen molar-refractivity contribution in [2.24, 2.45) is 5.41 Å². The van der Waals surface area contributed by atoms with Gasteiger partial charge in [-0.15, -0.1) is 0 Å². The molecule has 0 unspecified atom stereocenters. The van der Waals surface area contributed by atoms with Gasteiger partial charge in [0.05, 0.1) is 5.54 Å². The van der Waals surface area contributed by atoms with Gasteiger partial charge >= 0.3 is 5.95 Å². The molecule has 0 aliphatic carbocycles. The Hall–Kier alpha value is -1.39. The normalized spacial score (nSPS) is 10.8. The van der Waals surface area contributed by atoms with Crippen molar-refractivity contribution in [3.63, 3.8) is 0 Å². The fourth-order valence-corrected chi connectivity index (χ4v) is 1.63. The Kier molecular flexibility index (Phi) is 9.12. The lowest BCUT2D eigenvalue weighted by atomic mass is 9.72. The maximum absolute atomic E-state index is 10.9. The molecule has 0 amide bonds. The van der Waals surface area contributed by atoms with Crippen LogP contribution >= 0.6 is 0 Å². The van der Waals surface area contributed by atoms with Crippen LogP contribution in [0.1, 0.15) is 68.7 Å². The molecule has 1 rings (SSSR count). The van der Waals surface area contributed by atoms with Crippen molar-refractivity contribution >= 4 is 5.95 Å². The molecule has 118 valence electrons. The predicted molar refractivity (Wildman–Crippen MR) is 85.0 cm³/mol. The van der Waals surface area contributed by atoms with Crippen molar-refractivity contribution in [2.75, 3.05) is 0 Å². The summed E-state index contributed by atoms with van der Waals surface area (Å²) in [6, 6.07) is 0. The Morgan fingerprint density at radius 2 is 1.65 bits per heavy atom. The molecule has 1 heterocycles. The van der Waals surface area contributed by atoms with Gasteiger partial charge in [-0.1, -0.05) is 53.5 Å². The predicted octanol–water partition coefficient (Wildman–Crippen LogP) is 5.02. The number of nitro groups is 1. The van der Waals surface area contributed by atoms with E-state index in [0.717, 1.165) is 6.42 Å². The molecule has 1 aromatic heterocycles. The molecule has 0 aromatic carbocycles. The molecule has 20 heavy (non-hydrogen) atoms. The smallest absolute Gasteiger partial charge is 0.390 e. The third kappa shape index (κ3) is 4.32. The van der Waals surface area contributed by atoms with Crippen LogP contribution in [0.3, 0.4) is 0 Å². The fraction of sp³-hybridized carbons (Fsp3) is 0.800. The van der Waals surface area contributed by atoms with E-state index in [1.807, 2.05) is 41.5 Å². The molecule has 0 N–H and O–H groups in total. The van der Waals surface area contributed by atoms with Crippen molar-refractivity contribution in [1.82, 2.24) is 9.55 Å². The first-order chi connectivity index (χ1) is 9.24. The highest BCUT2D eigenvalue weighted by Gasteiger charge is 2.42. The largest absolute Gasteiger partial charge is 0.434 e. The van der Waals surface area contributed by atoms with Crippen molar-refractivity contribution in [1.29, 1.82) is 0 Å². The van der Waals surface area contributed by atoms with Gasteiger partial charge in [0.2, 0.25) is 0 Å². The molecule has 0 radical (unpaired) electrons. The maximum atomic E-state index is 10.9. The quantitative estimate of drug-likeness (QED) is 0.576. The Labute approximate surface area is 123 Å². The summed E-state index contributed by atoms with van der Waals surface area (Å²) in [6.45, 7) is 18.3. The standard InChI is InChI=1S/C11H19N3O2.2C2H6/c1-6-10(2,3)11(4,5)13-8-7-12-9(13)14(15)16;2*1-2/h7-8H,6H2,1-5H3;2*1-2H3. The van der Waals surface area contributed by atoms with Gasteiger partial charge in [-0.3, -0.25) is 0 Å². The second-order valence-corrected chi connectivity index (χ2v) is 5.15. The van der Waals surface area contributed by atoms with Gasteiger partial charge in [0.25, 0.3) is 0 Å². The van der Waals surface area contributed by atoms with Crippen LogP contribution in [0.25, 0.3) is 0 Å². The molecule has 0 saturated heterocycles. The number of aromatic nitrogens is 2. The lowest BCUT2D eigenvalue weighted by Gasteiger charge is -2.39. The maximum Gasteiger partial charge on any atom is 0.434 e. The minimum Gasteiger partial charge on any atom is -0.390 e. The Morgan fingerprint density at radius 3 is 2.00 bits per heavy atom. The number of hydrogen-bond acceptors (Lipinski definition) is 3. The van der Waals surface area contributed by atoms with Crippen LogP contribution in [0.15, 0.2) is 12.4 Å². The SMILES string of the molecule is CC.CC.CCC(C)(C)C(C)(C)n1ccnc1[N+](=O)[O-]. The summed E-state index contributed by atoms with van der Waals surface area (Å²) < 4.78 is 1.65. The average Bonchev–Trinajstić information content (AvgIpc) is 2.93. The summed E-state index contributed by atoms with van der Waals surface area (Å²) in [4.78, 5) is 14.2. The summed E-state index contributed by atoms with van der Waals surface area (Å²) in [7, 11) is 0. The minimum absolute atomic E-state index is 0.0432. The van der Waals surface area contributed by atoms with Crippen LogP contribution in [0.2, 0.25) is 0 Å². The van der Waals surface area contributed by atoms with E-state index in [1.54, 1.807) is 10.8 Å². The molecule has 0 atom stereocenters. The monoisotopic (exact) mass is 285 g/mol. The van der Waals surface area contributed by atoms with E-state index in [2.05, 4.69) is 25.8 Å². The highest BCUT2D eigenvalue weighted by molar-refractivity contribution is 5.13. The molecule has 1 aromatic rings. The zero-order valence-electron chi connectivity index (χ0n) is 14.5. The first-order valence-electron chi connectivity index (χ1n) is 7.42. The summed E-state index contributed by atoms with van der Waals surface area (Å²) in [5, 5.41) is 10.9. The van der Waals surface area contributed by atoms with Crippen LogP contribution in [0.5, 0.6) is 0 Å². The van der Waals surface area contributed by atoms with Gasteiger partial charge in [-0.05, 0) is 25.2 Å². The fourth-order valence-electron chi connectivity index (χ4n) is 1.63. The zero-order valence-corrected chi connectivity index (χ0v) is 14.5. The summed E-state index contributed by atoms with van der Waals surface area (Å²) >= 11 is 0. The van der Waals surface area contributed by atoms with E-state index in [4.69, 9.17) is 0 Å². The lowest BCUT2D eigenvalue weighted by Crippen LogP contribution is -2.41. The van der Waals surface area contributed by atoms with Crippen molar-refractivity contribution < 1.29 is 4.92 Å². The van der Waals surface area contributed by atoms with Gasteiger partial charge in [0.1, 0.15) is 12.4 Å². The van der Waals surface area contributed by atoms with Crippen LogP contribution in [-0.4, -0.2) is 14.5 Å². The molecule has 5 heteroatoms. The van der Waals surface area contributed by atoms with Gasteiger partial charge in [-0.25, -0.2) is 4.57 Å². The van der Waals surface area contributed by atoms with Crippen LogP contribution in [0.4, 0.5) is 5.95 Å². The van der Waals surface area contributed by atoms with Gasteiger partial charge in [-0.2, -0.15) is 0 Å². The molecule has 0 aliphatic rings. The molecule has 0 saturated carbocycles. The lowest BCUT2D eigenvalue weighted by molar-refractivity contribution is -0.398. The molecule has 0 spiro atoms. The van der Waals surface area contributed by atoms with E-state index in [1.165, 1.54) is 6.20 Å². The number of nitrogens with zero attached hydrogens (tertiary/aromatic N) is 3. The number of rotatable bonds is 4. The average molecular weight is 285 g/mol. The van der Waals surface area contributed by atoms with E-state index < -0.39 is 4.92 Å². The Morgan fingerprint density at radius 1 is 1.20 bits per heavy atom. The molecule has 5 nitrogen and oxygen atoms in total. The number of imidazole rings is 1. The third-order valence-corrected chi connectivity index (χ3v) is 3.93. The van der Waals surface area contributed by atoms with E-state index >= 15 is 0 Å². The van der Waals surface area contributed by atoms with Crippen LogP contribution < -0.4 is 0 Å². The van der Waals surface area contributed by atoms with Gasteiger partial charge in [0.15, 0.2) is 0 Å². The van der Waals surface area contributed by atoms with Gasteiger partial charge < -0.3 is 10.1 Å². The zero-order chi connectivity index (χ0) is 16.6. The van der Waals surface area contributed by atoms with Gasteiger partial charge in [0, 0.05) is 5.41 Å². The molecule has 0 bridgehead atoms. The molecule has 0 fully saturated rings. The van der Waals surface area contributed by atoms with Crippen molar-refractivity contribution in [3.05, 3.63) is 22.5 Å². The van der Waals surface area contributed by atoms with Crippen molar-refractivity contribution in [3.8, 4) is 0 Å². The summed E-state index contributed by atoms with van der Waals surface area (Å²) in [5.41, 5.74) is -0.390. The third-order valence-electron chi connectivity index (χ3n) is 3.93. The molecular weight excluding hydrogens is 254 g/mol. The van der Waals surface area contributed by atoms with Crippen LogP contribution in [0, 0.1) is 15.5 Å². The van der Waals surface area contributed by atoms with Crippen LogP contribution in [-0.2, 0) is 5.54 Å². The summed E-state index contributed by atoms with van der Waals surface area (Å²) in [5.74, 6) is -0.0912. The molecule has 0 aliphatic heterocycles. The Bertz CT molecular complexity index is 396. The molecular formula is C15H31N3O2. The van der Waals surface area contributed by atoms with E-state index in [0.29, 0.717) is 0 Å². The second kappa shape index (κ2) is 8.72. The Balaban J connectivity index is 0.